The Kier molecular flexibility index (Phi) is 5.43. The van der Waals surface area contributed by atoms with E-state index in [1.807, 2.05) is 35.2 Å². The lowest BCUT2D eigenvalue weighted by atomic mass is 10.0. The number of fused-ring (bicyclic) bond motifs is 1. The first-order chi connectivity index (χ1) is 13.8. The number of para-hydroxylation sites is 2. The van der Waals surface area contributed by atoms with Crippen molar-refractivity contribution in [1.82, 2.24) is 0 Å². The molecule has 0 saturated carbocycles. The lowest BCUT2D eigenvalue weighted by Gasteiger charge is -2.29. The Hall–Kier alpha value is -3.07. The second-order valence-electron chi connectivity index (χ2n) is 7.25. The Balaban J connectivity index is 1.52. The van der Waals surface area contributed by atoms with E-state index >= 15 is 0 Å². The van der Waals surface area contributed by atoms with Crippen molar-refractivity contribution in [2.45, 2.75) is 32.7 Å². The Bertz CT molecular complexity index is 980. The summed E-state index contributed by atoms with van der Waals surface area (Å²) < 4.78 is 0. The number of hydrogen-bond acceptors (Lipinski definition) is 2. The van der Waals surface area contributed by atoms with Gasteiger partial charge in [0.25, 0.3) is 5.91 Å². The van der Waals surface area contributed by atoms with Gasteiger partial charge in [0.05, 0.1) is 0 Å². The van der Waals surface area contributed by atoms with Gasteiger partial charge in [0.2, 0.25) is 0 Å². The molecule has 0 saturated heterocycles. The van der Waals surface area contributed by atoms with Gasteiger partial charge in [-0.25, -0.2) is 0 Å². The van der Waals surface area contributed by atoms with Crippen LogP contribution in [0.5, 0.6) is 0 Å². The van der Waals surface area contributed by atoms with Crippen LogP contribution in [-0.4, -0.2) is 12.5 Å². The van der Waals surface area contributed by atoms with Crippen LogP contribution in [-0.2, 0) is 19.4 Å². The summed E-state index contributed by atoms with van der Waals surface area (Å²) in [5.41, 5.74) is 6.64. The SMILES string of the molecule is CCc1ccccc1NCc1cccc(C(=O)N2CCCc3ccccc32)c1. The predicted octanol–water partition coefficient (Wildman–Crippen LogP) is 5.45. The molecule has 0 fully saturated rings. The summed E-state index contributed by atoms with van der Waals surface area (Å²) in [6, 6.07) is 24.6. The van der Waals surface area contributed by atoms with E-state index in [1.54, 1.807) is 0 Å². The number of nitrogens with zero attached hydrogens (tertiary/aromatic N) is 1. The Labute approximate surface area is 167 Å². The number of hydrogen-bond donors (Lipinski definition) is 1. The van der Waals surface area contributed by atoms with Gasteiger partial charge in [-0.3, -0.25) is 4.79 Å². The molecule has 1 amide bonds. The molecule has 142 valence electrons. The summed E-state index contributed by atoms with van der Waals surface area (Å²) in [4.78, 5) is 15.1. The highest BCUT2D eigenvalue weighted by molar-refractivity contribution is 6.06. The first-order valence-corrected chi connectivity index (χ1v) is 10.1. The van der Waals surface area contributed by atoms with Crippen LogP contribution in [0.15, 0.2) is 72.8 Å². The van der Waals surface area contributed by atoms with Crippen LogP contribution in [0.4, 0.5) is 11.4 Å². The highest BCUT2D eigenvalue weighted by Crippen LogP contribution is 2.28. The maximum Gasteiger partial charge on any atom is 0.258 e. The van der Waals surface area contributed by atoms with Crippen LogP contribution in [0.2, 0.25) is 0 Å². The monoisotopic (exact) mass is 370 g/mol. The molecule has 1 aliphatic rings. The third-order valence-corrected chi connectivity index (χ3v) is 5.41. The summed E-state index contributed by atoms with van der Waals surface area (Å²) in [7, 11) is 0. The number of carbonyl (C=O) groups is 1. The van der Waals surface area contributed by atoms with E-state index in [0.717, 1.165) is 48.3 Å². The van der Waals surface area contributed by atoms with Crippen molar-refractivity contribution in [2.75, 3.05) is 16.8 Å². The molecule has 1 N–H and O–H groups in total. The van der Waals surface area contributed by atoms with Gasteiger partial charge in [0.15, 0.2) is 0 Å². The molecule has 28 heavy (non-hydrogen) atoms. The smallest absolute Gasteiger partial charge is 0.258 e. The van der Waals surface area contributed by atoms with Gasteiger partial charge in [0, 0.05) is 30.0 Å². The zero-order chi connectivity index (χ0) is 19.3. The van der Waals surface area contributed by atoms with Gasteiger partial charge in [-0.15, -0.1) is 0 Å². The number of amides is 1. The van der Waals surface area contributed by atoms with Gasteiger partial charge < -0.3 is 10.2 Å². The molecule has 0 aliphatic carbocycles. The minimum atomic E-state index is 0.0861. The van der Waals surface area contributed by atoms with Gasteiger partial charge in [0.1, 0.15) is 0 Å². The summed E-state index contributed by atoms with van der Waals surface area (Å²) in [5.74, 6) is 0.0861. The fourth-order valence-electron chi connectivity index (χ4n) is 3.91. The first-order valence-electron chi connectivity index (χ1n) is 10.1. The zero-order valence-corrected chi connectivity index (χ0v) is 16.3. The zero-order valence-electron chi connectivity index (χ0n) is 16.3. The largest absolute Gasteiger partial charge is 0.381 e. The Morgan fingerprint density at radius 2 is 1.82 bits per heavy atom. The maximum absolute atomic E-state index is 13.2. The number of nitrogens with one attached hydrogen (secondary N) is 1. The van der Waals surface area contributed by atoms with Crippen molar-refractivity contribution in [3.8, 4) is 0 Å². The van der Waals surface area contributed by atoms with Crippen LogP contribution >= 0.6 is 0 Å². The van der Waals surface area contributed by atoms with E-state index in [0.29, 0.717) is 6.54 Å². The van der Waals surface area contributed by atoms with E-state index in [4.69, 9.17) is 0 Å². The molecule has 3 aromatic rings. The quantitative estimate of drug-likeness (QED) is 0.647. The van der Waals surface area contributed by atoms with E-state index in [2.05, 4.69) is 54.7 Å². The number of carbonyl (C=O) groups excluding carboxylic acids is 1. The van der Waals surface area contributed by atoms with Crippen LogP contribution in [0.1, 0.15) is 40.4 Å². The van der Waals surface area contributed by atoms with Crippen molar-refractivity contribution in [1.29, 1.82) is 0 Å². The molecular formula is C25H26N2O. The molecule has 0 spiro atoms. The molecule has 3 nitrogen and oxygen atoms in total. The lowest BCUT2D eigenvalue weighted by Crippen LogP contribution is -2.35. The van der Waals surface area contributed by atoms with Gasteiger partial charge in [-0.2, -0.15) is 0 Å². The highest BCUT2D eigenvalue weighted by Gasteiger charge is 2.23. The molecule has 4 rings (SSSR count). The van der Waals surface area contributed by atoms with Crippen LogP contribution in [0.3, 0.4) is 0 Å². The predicted molar refractivity (Wildman–Crippen MR) is 116 cm³/mol. The number of benzene rings is 3. The average molecular weight is 370 g/mol. The van der Waals surface area contributed by atoms with Crippen LogP contribution < -0.4 is 10.2 Å². The van der Waals surface area contributed by atoms with Crippen molar-refractivity contribution in [3.63, 3.8) is 0 Å². The van der Waals surface area contributed by atoms with Crippen LogP contribution in [0.25, 0.3) is 0 Å². The lowest BCUT2D eigenvalue weighted by molar-refractivity contribution is 0.0985. The van der Waals surface area contributed by atoms with Crippen molar-refractivity contribution < 1.29 is 4.79 Å². The highest BCUT2D eigenvalue weighted by atomic mass is 16.2. The van der Waals surface area contributed by atoms with Crippen molar-refractivity contribution in [3.05, 3.63) is 95.1 Å². The van der Waals surface area contributed by atoms with Crippen molar-refractivity contribution in [2.24, 2.45) is 0 Å². The molecule has 0 unspecified atom stereocenters. The fraction of sp³-hybridized carbons (Fsp3) is 0.240. The molecule has 1 aliphatic heterocycles. The van der Waals surface area contributed by atoms with Gasteiger partial charge in [-0.05, 0) is 60.2 Å². The Morgan fingerprint density at radius 1 is 1.00 bits per heavy atom. The minimum absolute atomic E-state index is 0.0861. The second kappa shape index (κ2) is 8.30. The molecule has 0 bridgehead atoms. The number of anilines is 2. The van der Waals surface area contributed by atoms with E-state index < -0.39 is 0 Å². The summed E-state index contributed by atoms with van der Waals surface area (Å²) in [6.45, 7) is 3.65. The van der Waals surface area contributed by atoms with E-state index in [-0.39, 0.29) is 5.91 Å². The van der Waals surface area contributed by atoms with E-state index in [1.165, 1.54) is 11.1 Å². The summed E-state index contributed by atoms with van der Waals surface area (Å²) >= 11 is 0. The van der Waals surface area contributed by atoms with Gasteiger partial charge >= 0.3 is 0 Å². The van der Waals surface area contributed by atoms with Gasteiger partial charge in [-0.1, -0.05) is 55.5 Å². The average Bonchev–Trinajstić information content (AvgIpc) is 2.77. The standard InChI is InChI=1S/C25H26N2O/c1-2-20-10-3-5-14-23(20)26-18-19-9-7-12-22(17-19)25(28)27-16-8-13-21-11-4-6-15-24(21)27/h3-7,9-12,14-15,17,26H,2,8,13,16,18H2,1H3. The number of aryl methyl sites for hydroxylation is 2. The molecular weight excluding hydrogens is 344 g/mol. The normalized spacial score (nSPS) is 13.1. The fourth-order valence-corrected chi connectivity index (χ4v) is 3.91. The molecule has 3 heteroatoms. The van der Waals surface area contributed by atoms with Crippen molar-refractivity contribution >= 4 is 17.3 Å². The second-order valence-corrected chi connectivity index (χ2v) is 7.25. The molecule has 0 radical (unpaired) electrons. The van der Waals surface area contributed by atoms with Crippen LogP contribution in [0, 0.1) is 0 Å². The topological polar surface area (TPSA) is 32.3 Å². The molecule has 3 aromatic carbocycles. The summed E-state index contributed by atoms with van der Waals surface area (Å²) in [6.07, 6.45) is 3.05. The summed E-state index contributed by atoms with van der Waals surface area (Å²) in [5, 5.41) is 3.52. The third-order valence-electron chi connectivity index (χ3n) is 5.41. The maximum atomic E-state index is 13.2. The molecule has 1 heterocycles. The Morgan fingerprint density at radius 3 is 2.71 bits per heavy atom. The minimum Gasteiger partial charge on any atom is -0.381 e. The molecule has 0 aromatic heterocycles. The number of rotatable bonds is 5. The van der Waals surface area contributed by atoms with E-state index in [9.17, 15) is 4.79 Å². The third kappa shape index (κ3) is 3.79. The molecule has 0 atom stereocenters. The first kappa shape index (κ1) is 18.3.